The van der Waals surface area contributed by atoms with E-state index in [-0.39, 0.29) is 5.91 Å². The van der Waals surface area contributed by atoms with Crippen LogP contribution in [-0.4, -0.2) is 51.3 Å². The molecular formula is C26H32N6O3. The molecule has 9 heteroatoms. The first kappa shape index (κ1) is 24.4. The molecule has 1 fully saturated rings. The number of nitrogens with one attached hydrogen (secondary N) is 1. The smallest absolute Gasteiger partial charge is 0.338 e. The molecule has 1 aromatic carbocycles. The van der Waals surface area contributed by atoms with Gasteiger partial charge in [-0.25, -0.2) is 19.4 Å². The van der Waals surface area contributed by atoms with Gasteiger partial charge in [-0.3, -0.25) is 4.79 Å². The van der Waals surface area contributed by atoms with Crippen molar-refractivity contribution in [3.63, 3.8) is 0 Å². The number of ether oxygens (including phenoxy) is 1. The van der Waals surface area contributed by atoms with Crippen molar-refractivity contribution in [2.75, 3.05) is 29.9 Å². The van der Waals surface area contributed by atoms with E-state index >= 15 is 0 Å². The van der Waals surface area contributed by atoms with Crippen molar-refractivity contribution in [3.05, 3.63) is 59.2 Å². The SMILES string of the molecule is CCOC(=O)c1cccc(NC(=O)CCc2c(C)nn(-c3cc(N4CCCCC4)ncn3)c2C)c1. The van der Waals surface area contributed by atoms with Crippen molar-refractivity contribution < 1.29 is 14.3 Å². The van der Waals surface area contributed by atoms with Gasteiger partial charge in [-0.1, -0.05) is 6.07 Å². The number of esters is 1. The normalized spacial score (nSPS) is 13.5. The number of nitrogens with zero attached hydrogens (tertiary/aromatic N) is 5. The van der Waals surface area contributed by atoms with E-state index in [1.165, 1.54) is 19.3 Å². The topological polar surface area (TPSA) is 102 Å². The average Bonchev–Trinajstić information content (AvgIpc) is 3.16. The fraction of sp³-hybridized carbons (Fsp3) is 0.423. The Kier molecular flexibility index (Phi) is 7.74. The second kappa shape index (κ2) is 11.1. The first-order chi connectivity index (χ1) is 17.0. The quantitative estimate of drug-likeness (QED) is 0.490. The summed E-state index contributed by atoms with van der Waals surface area (Å²) in [6, 6.07) is 8.75. The predicted octanol–water partition coefficient (Wildman–Crippen LogP) is 4.02. The van der Waals surface area contributed by atoms with Crippen molar-refractivity contribution in [1.29, 1.82) is 0 Å². The zero-order valence-electron chi connectivity index (χ0n) is 20.6. The van der Waals surface area contributed by atoms with Crippen LogP contribution in [0.1, 0.15) is 59.9 Å². The summed E-state index contributed by atoms with van der Waals surface area (Å²) >= 11 is 0. The minimum absolute atomic E-state index is 0.132. The summed E-state index contributed by atoms with van der Waals surface area (Å²) in [5.41, 5.74) is 3.83. The van der Waals surface area contributed by atoms with E-state index < -0.39 is 5.97 Å². The molecule has 3 heterocycles. The van der Waals surface area contributed by atoms with Gasteiger partial charge in [0.05, 0.1) is 17.9 Å². The van der Waals surface area contributed by atoms with Crippen LogP contribution in [0.25, 0.3) is 5.82 Å². The molecule has 0 radical (unpaired) electrons. The molecule has 1 aliphatic heterocycles. The molecule has 9 nitrogen and oxygen atoms in total. The Morgan fingerprint density at radius 2 is 1.83 bits per heavy atom. The zero-order chi connectivity index (χ0) is 24.8. The highest BCUT2D eigenvalue weighted by Crippen LogP contribution is 2.22. The lowest BCUT2D eigenvalue weighted by Gasteiger charge is -2.27. The van der Waals surface area contributed by atoms with E-state index in [0.29, 0.717) is 30.7 Å². The predicted molar refractivity (Wildman–Crippen MR) is 134 cm³/mol. The maximum Gasteiger partial charge on any atom is 0.338 e. The lowest BCUT2D eigenvalue weighted by molar-refractivity contribution is -0.116. The van der Waals surface area contributed by atoms with E-state index in [2.05, 4.69) is 20.2 Å². The van der Waals surface area contributed by atoms with E-state index in [0.717, 1.165) is 41.7 Å². The molecular weight excluding hydrogens is 444 g/mol. The molecule has 0 bridgehead atoms. The van der Waals surface area contributed by atoms with Crippen molar-refractivity contribution in [2.24, 2.45) is 0 Å². The molecule has 1 N–H and O–H groups in total. The summed E-state index contributed by atoms with van der Waals surface area (Å²) in [6.07, 6.45) is 6.05. The Labute approximate surface area is 205 Å². The standard InChI is InChI=1S/C26H32N6O3/c1-4-35-26(34)20-9-8-10-21(15-20)29-25(33)12-11-22-18(2)30-32(19(22)3)24-16-23(27-17-28-24)31-13-6-5-7-14-31/h8-10,15-17H,4-7,11-14H2,1-3H3,(H,29,33). The van der Waals surface area contributed by atoms with Crippen molar-refractivity contribution in [2.45, 2.75) is 52.9 Å². The average molecular weight is 477 g/mol. The van der Waals surface area contributed by atoms with Crippen LogP contribution in [0.3, 0.4) is 0 Å². The molecule has 0 spiro atoms. The fourth-order valence-corrected chi connectivity index (χ4v) is 4.41. The third-order valence-electron chi connectivity index (χ3n) is 6.24. The monoisotopic (exact) mass is 476 g/mol. The van der Waals surface area contributed by atoms with Gasteiger partial charge in [-0.2, -0.15) is 5.10 Å². The first-order valence-electron chi connectivity index (χ1n) is 12.2. The van der Waals surface area contributed by atoms with Gasteiger partial charge in [0.25, 0.3) is 0 Å². The minimum atomic E-state index is -0.407. The van der Waals surface area contributed by atoms with Gasteiger partial charge in [0, 0.05) is 37.0 Å². The Hall–Kier alpha value is -3.75. The fourth-order valence-electron chi connectivity index (χ4n) is 4.41. The van der Waals surface area contributed by atoms with Crippen LogP contribution >= 0.6 is 0 Å². The lowest BCUT2D eigenvalue weighted by atomic mass is 10.1. The van der Waals surface area contributed by atoms with Crippen LogP contribution in [0.5, 0.6) is 0 Å². The molecule has 0 saturated carbocycles. The molecule has 184 valence electrons. The van der Waals surface area contributed by atoms with Crippen LogP contribution in [0.15, 0.2) is 36.7 Å². The lowest BCUT2D eigenvalue weighted by Crippen LogP contribution is -2.30. The van der Waals surface area contributed by atoms with Crippen molar-refractivity contribution in [1.82, 2.24) is 19.7 Å². The third-order valence-corrected chi connectivity index (χ3v) is 6.24. The largest absolute Gasteiger partial charge is 0.462 e. The number of carbonyl (C=O) groups is 2. The van der Waals surface area contributed by atoms with E-state index in [4.69, 9.17) is 9.84 Å². The number of aryl methyl sites for hydroxylation is 1. The van der Waals surface area contributed by atoms with Crippen LogP contribution in [0, 0.1) is 13.8 Å². The Bertz CT molecular complexity index is 1200. The maximum atomic E-state index is 12.6. The molecule has 3 aromatic rings. The van der Waals surface area contributed by atoms with Crippen molar-refractivity contribution in [3.8, 4) is 5.82 Å². The maximum absolute atomic E-state index is 12.6. The van der Waals surface area contributed by atoms with E-state index in [9.17, 15) is 9.59 Å². The van der Waals surface area contributed by atoms with Gasteiger partial charge >= 0.3 is 5.97 Å². The van der Waals surface area contributed by atoms with Gasteiger partial charge in [0.15, 0.2) is 5.82 Å². The number of anilines is 2. The van der Waals surface area contributed by atoms with Crippen LogP contribution in [-0.2, 0) is 16.0 Å². The van der Waals surface area contributed by atoms with Gasteiger partial charge in [0.2, 0.25) is 5.91 Å². The second-order valence-corrected chi connectivity index (χ2v) is 8.69. The molecule has 0 aliphatic carbocycles. The zero-order valence-corrected chi connectivity index (χ0v) is 20.6. The third kappa shape index (κ3) is 5.85. The number of aromatic nitrogens is 4. The Morgan fingerprint density at radius 3 is 2.60 bits per heavy atom. The number of hydrogen-bond donors (Lipinski definition) is 1. The molecule has 2 aromatic heterocycles. The molecule has 1 aliphatic rings. The summed E-state index contributed by atoms with van der Waals surface area (Å²) in [7, 11) is 0. The molecule has 1 amide bonds. The minimum Gasteiger partial charge on any atom is -0.462 e. The van der Waals surface area contributed by atoms with Crippen LogP contribution < -0.4 is 10.2 Å². The van der Waals surface area contributed by atoms with Crippen LogP contribution in [0.4, 0.5) is 11.5 Å². The summed E-state index contributed by atoms with van der Waals surface area (Å²) in [5, 5.41) is 7.57. The number of rotatable bonds is 8. The molecule has 1 saturated heterocycles. The summed E-state index contributed by atoms with van der Waals surface area (Å²) in [5.74, 6) is 1.11. The molecule has 0 atom stereocenters. The van der Waals surface area contributed by atoms with Crippen molar-refractivity contribution >= 4 is 23.4 Å². The molecule has 4 rings (SSSR count). The number of hydrogen-bond acceptors (Lipinski definition) is 7. The number of piperidine rings is 1. The number of carbonyl (C=O) groups excluding carboxylic acids is 2. The van der Waals surface area contributed by atoms with Gasteiger partial charge in [-0.05, 0) is 70.2 Å². The number of benzene rings is 1. The van der Waals surface area contributed by atoms with E-state index in [1.807, 2.05) is 24.6 Å². The Morgan fingerprint density at radius 1 is 1.06 bits per heavy atom. The second-order valence-electron chi connectivity index (χ2n) is 8.69. The van der Waals surface area contributed by atoms with E-state index in [1.54, 1.807) is 37.5 Å². The highest BCUT2D eigenvalue weighted by Gasteiger charge is 2.18. The highest BCUT2D eigenvalue weighted by atomic mass is 16.5. The summed E-state index contributed by atoms with van der Waals surface area (Å²) in [4.78, 5) is 35.8. The summed E-state index contributed by atoms with van der Waals surface area (Å²) < 4.78 is 6.86. The van der Waals surface area contributed by atoms with Gasteiger partial charge < -0.3 is 15.0 Å². The molecule has 0 unspecified atom stereocenters. The highest BCUT2D eigenvalue weighted by molar-refractivity contribution is 5.94. The number of amides is 1. The van der Waals surface area contributed by atoms with Crippen LogP contribution in [0.2, 0.25) is 0 Å². The van der Waals surface area contributed by atoms with Gasteiger partial charge in [-0.15, -0.1) is 0 Å². The first-order valence-corrected chi connectivity index (χ1v) is 12.2. The molecule has 35 heavy (non-hydrogen) atoms. The Balaban J connectivity index is 1.42. The van der Waals surface area contributed by atoms with Gasteiger partial charge in [0.1, 0.15) is 12.1 Å². The summed E-state index contributed by atoms with van der Waals surface area (Å²) in [6.45, 7) is 8.03.